The molecule has 0 unspecified atom stereocenters. The minimum absolute atomic E-state index is 0.114. The van der Waals surface area contributed by atoms with Gasteiger partial charge in [-0.2, -0.15) is 0 Å². The predicted molar refractivity (Wildman–Crippen MR) is 66.1 cm³/mol. The third-order valence-corrected chi connectivity index (χ3v) is 3.06. The van der Waals surface area contributed by atoms with Crippen molar-refractivity contribution in [1.82, 2.24) is 0 Å². The molecule has 5 heteroatoms. The quantitative estimate of drug-likeness (QED) is 0.377. The number of hydrogen-bond donors (Lipinski definition) is 1. The second-order valence-corrected chi connectivity index (χ2v) is 4.23. The number of para-hydroxylation sites is 1. The largest absolute Gasteiger partial charge is 0.507 e. The molecule has 0 amide bonds. The maximum atomic E-state index is 11.7. The smallest absolute Gasteiger partial charge is 0.280 e. The maximum absolute atomic E-state index is 11.7. The molecule has 0 saturated heterocycles. The normalized spacial score (nSPS) is 18.6. The molecule has 0 spiro atoms. The number of allylic oxidation sites excluding steroid dienone is 1. The lowest BCUT2D eigenvalue weighted by Gasteiger charge is -2.14. The minimum atomic E-state index is -0.556. The fraction of sp³-hybridized carbons (Fsp3) is 0.308. The van der Waals surface area contributed by atoms with Gasteiger partial charge in [0.15, 0.2) is 5.78 Å². The highest BCUT2D eigenvalue weighted by molar-refractivity contribution is 6.02. The first-order valence-corrected chi connectivity index (χ1v) is 5.80. The van der Waals surface area contributed by atoms with Crippen LogP contribution in [-0.4, -0.2) is 15.8 Å². The molecule has 0 aliphatic heterocycles. The molecule has 0 bridgehead atoms. The number of aliphatic hydroxyl groups excluding tert-OH is 1. The van der Waals surface area contributed by atoms with Crippen molar-refractivity contribution in [3.8, 4) is 0 Å². The summed E-state index contributed by atoms with van der Waals surface area (Å²) in [6, 6.07) is 5.91. The summed E-state index contributed by atoms with van der Waals surface area (Å²) in [6.07, 6.45) is 2.52. The van der Waals surface area contributed by atoms with E-state index in [9.17, 15) is 20.0 Å². The fourth-order valence-electron chi connectivity index (χ4n) is 2.12. The van der Waals surface area contributed by atoms with Gasteiger partial charge in [-0.1, -0.05) is 12.1 Å². The van der Waals surface area contributed by atoms with Crippen LogP contribution in [-0.2, 0) is 4.79 Å². The Morgan fingerprint density at radius 2 is 1.89 bits per heavy atom. The van der Waals surface area contributed by atoms with Gasteiger partial charge >= 0.3 is 0 Å². The van der Waals surface area contributed by atoms with Crippen LogP contribution in [0.25, 0.3) is 5.76 Å². The second kappa shape index (κ2) is 5.00. The highest BCUT2D eigenvalue weighted by Gasteiger charge is 2.24. The summed E-state index contributed by atoms with van der Waals surface area (Å²) in [5, 5.41) is 21.0. The molecule has 1 saturated carbocycles. The average molecular weight is 247 g/mol. The SMILES string of the molecule is O=C1CCCCC1=C(O)c1ccccc1[N+](=O)[O-]. The lowest BCUT2D eigenvalue weighted by molar-refractivity contribution is -0.385. The Balaban J connectivity index is 2.51. The Morgan fingerprint density at radius 3 is 2.56 bits per heavy atom. The number of Topliss-reactive ketones (excluding diaryl/α,β-unsaturated/α-hetero) is 1. The number of nitro benzene ring substituents is 1. The Labute approximate surface area is 104 Å². The van der Waals surface area contributed by atoms with E-state index in [1.165, 1.54) is 18.2 Å². The number of hydrogen-bond acceptors (Lipinski definition) is 4. The zero-order chi connectivity index (χ0) is 13.1. The van der Waals surface area contributed by atoms with Gasteiger partial charge in [0.2, 0.25) is 0 Å². The summed E-state index contributed by atoms with van der Waals surface area (Å²) in [5.74, 6) is -0.357. The molecule has 1 N–H and O–H groups in total. The van der Waals surface area contributed by atoms with Crippen molar-refractivity contribution in [2.75, 3.05) is 0 Å². The van der Waals surface area contributed by atoms with Gasteiger partial charge < -0.3 is 5.11 Å². The molecule has 0 radical (unpaired) electrons. The molecule has 18 heavy (non-hydrogen) atoms. The van der Waals surface area contributed by atoms with Crippen LogP contribution in [0.4, 0.5) is 5.69 Å². The van der Waals surface area contributed by atoms with Gasteiger partial charge in [0.1, 0.15) is 5.76 Å². The van der Waals surface area contributed by atoms with Gasteiger partial charge in [0, 0.05) is 18.1 Å². The Morgan fingerprint density at radius 1 is 1.22 bits per heavy atom. The minimum Gasteiger partial charge on any atom is -0.507 e. The number of carbonyl (C=O) groups is 1. The summed E-state index contributed by atoms with van der Waals surface area (Å²) in [5.41, 5.74) is 0.254. The van der Waals surface area contributed by atoms with E-state index in [-0.39, 0.29) is 22.8 Å². The van der Waals surface area contributed by atoms with E-state index in [0.29, 0.717) is 18.4 Å². The van der Waals surface area contributed by atoms with E-state index in [1.54, 1.807) is 6.07 Å². The second-order valence-electron chi connectivity index (χ2n) is 4.23. The van der Waals surface area contributed by atoms with Crippen molar-refractivity contribution in [1.29, 1.82) is 0 Å². The molecule has 1 aromatic rings. The molecule has 0 atom stereocenters. The van der Waals surface area contributed by atoms with Crippen LogP contribution < -0.4 is 0 Å². The predicted octanol–water partition coefficient (Wildman–Crippen LogP) is 3.01. The lowest BCUT2D eigenvalue weighted by atomic mass is 9.90. The monoisotopic (exact) mass is 247 g/mol. The molecule has 2 rings (SSSR count). The number of ketones is 1. The van der Waals surface area contributed by atoms with Crippen LogP contribution in [0.15, 0.2) is 29.8 Å². The van der Waals surface area contributed by atoms with Crippen molar-refractivity contribution < 1.29 is 14.8 Å². The van der Waals surface area contributed by atoms with Crippen molar-refractivity contribution in [3.05, 3.63) is 45.5 Å². The van der Waals surface area contributed by atoms with Gasteiger partial charge in [-0.25, -0.2) is 0 Å². The molecule has 5 nitrogen and oxygen atoms in total. The molecule has 1 aliphatic rings. The number of carbonyl (C=O) groups excluding carboxylic acids is 1. The zero-order valence-corrected chi connectivity index (χ0v) is 9.76. The Kier molecular flexibility index (Phi) is 3.41. The van der Waals surface area contributed by atoms with Crippen LogP contribution in [0.5, 0.6) is 0 Å². The fourth-order valence-corrected chi connectivity index (χ4v) is 2.12. The highest BCUT2D eigenvalue weighted by Crippen LogP contribution is 2.31. The molecule has 94 valence electrons. The zero-order valence-electron chi connectivity index (χ0n) is 9.76. The summed E-state index contributed by atoms with van der Waals surface area (Å²) in [4.78, 5) is 22.0. The van der Waals surface area contributed by atoms with E-state index in [4.69, 9.17) is 0 Å². The number of benzene rings is 1. The van der Waals surface area contributed by atoms with E-state index < -0.39 is 4.92 Å². The number of nitro groups is 1. The number of aliphatic hydroxyl groups is 1. The third-order valence-electron chi connectivity index (χ3n) is 3.06. The van der Waals surface area contributed by atoms with Crippen LogP contribution in [0.3, 0.4) is 0 Å². The van der Waals surface area contributed by atoms with E-state index in [1.807, 2.05) is 0 Å². The van der Waals surface area contributed by atoms with Crippen molar-refractivity contribution in [2.24, 2.45) is 0 Å². The summed E-state index contributed by atoms with van der Waals surface area (Å²) < 4.78 is 0. The van der Waals surface area contributed by atoms with Crippen LogP contribution in [0, 0.1) is 10.1 Å². The molecular formula is C13H13NO4. The third kappa shape index (κ3) is 2.25. The van der Waals surface area contributed by atoms with Crippen molar-refractivity contribution >= 4 is 17.2 Å². The van der Waals surface area contributed by atoms with Gasteiger partial charge in [-0.15, -0.1) is 0 Å². The van der Waals surface area contributed by atoms with Gasteiger partial charge in [-0.3, -0.25) is 14.9 Å². The van der Waals surface area contributed by atoms with Crippen LogP contribution in [0.2, 0.25) is 0 Å². The van der Waals surface area contributed by atoms with E-state index in [0.717, 1.165) is 12.8 Å². The first-order valence-electron chi connectivity index (χ1n) is 5.80. The van der Waals surface area contributed by atoms with Gasteiger partial charge in [-0.05, 0) is 25.3 Å². The molecule has 0 heterocycles. The number of rotatable bonds is 2. The van der Waals surface area contributed by atoms with Crippen LogP contribution in [0.1, 0.15) is 31.2 Å². The summed E-state index contributed by atoms with van der Waals surface area (Å²) in [6.45, 7) is 0. The standard InChI is InChI=1S/C13H13NO4/c15-12-8-4-2-6-10(12)13(16)9-5-1-3-7-11(9)14(17)18/h1,3,5,7,16H,2,4,6,8H2. The van der Waals surface area contributed by atoms with E-state index in [2.05, 4.69) is 0 Å². The first-order chi connectivity index (χ1) is 8.61. The van der Waals surface area contributed by atoms with Crippen molar-refractivity contribution in [3.63, 3.8) is 0 Å². The topological polar surface area (TPSA) is 80.4 Å². The first kappa shape index (κ1) is 12.3. The molecule has 1 aromatic carbocycles. The summed E-state index contributed by atoms with van der Waals surface area (Å²) >= 11 is 0. The molecule has 1 fully saturated rings. The molecule has 0 aromatic heterocycles. The highest BCUT2D eigenvalue weighted by atomic mass is 16.6. The van der Waals surface area contributed by atoms with Crippen molar-refractivity contribution in [2.45, 2.75) is 25.7 Å². The average Bonchev–Trinajstić information content (AvgIpc) is 2.38. The Bertz CT molecular complexity index is 534. The van der Waals surface area contributed by atoms with Crippen LogP contribution >= 0.6 is 0 Å². The lowest BCUT2D eigenvalue weighted by Crippen LogP contribution is -2.11. The van der Waals surface area contributed by atoms with Gasteiger partial charge in [0.05, 0.1) is 10.5 Å². The van der Waals surface area contributed by atoms with Gasteiger partial charge in [0.25, 0.3) is 5.69 Å². The molecule has 1 aliphatic carbocycles. The van der Waals surface area contributed by atoms with E-state index >= 15 is 0 Å². The Hall–Kier alpha value is -2.17. The molecular weight excluding hydrogens is 234 g/mol. The summed E-state index contributed by atoms with van der Waals surface area (Å²) in [7, 11) is 0. The number of nitrogens with zero attached hydrogens (tertiary/aromatic N) is 1. The maximum Gasteiger partial charge on any atom is 0.280 e.